The number of nitro groups is 1. The minimum Gasteiger partial charge on any atom is -0.382 e. The van der Waals surface area contributed by atoms with Gasteiger partial charge in [-0.3, -0.25) is 14.9 Å². The molecular weight excluding hydrogens is 248 g/mol. The van der Waals surface area contributed by atoms with E-state index in [4.69, 9.17) is 0 Å². The highest BCUT2D eigenvalue weighted by atomic mass is 16.6. The summed E-state index contributed by atoms with van der Waals surface area (Å²) in [7, 11) is 6.57. The van der Waals surface area contributed by atoms with Crippen molar-refractivity contribution < 1.29 is 9.72 Å². The molecule has 0 aliphatic heterocycles. The first-order valence-electron chi connectivity index (χ1n) is 5.75. The molecule has 0 atom stereocenters. The summed E-state index contributed by atoms with van der Waals surface area (Å²) in [5, 5.41) is 14.0. The highest BCUT2D eigenvalue weighted by Crippen LogP contribution is 2.34. The van der Waals surface area contributed by atoms with Crippen molar-refractivity contribution in [1.82, 2.24) is 4.90 Å². The number of nitrogens with zero attached hydrogens (tertiary/aromatic N) is 3. The predicted octanol–water partition coefficient (Wildman–Crippen LogP) is 1.16. The van der Waals surface area contributed by atoms with Gasteiger partial charge in [-0.05, 0) is 12.1 Å². The third kappa shape index (κ3) is 3.34. The highest BCUT2D eigenvalue weighted by Gasteiger charge is 2.22. The van der Waals surface area contributed by atoms with Gasteiger partial charge in [-0.25, -0.2) is 0 Å². The molecule has 0 heterocycles. The van der Waals surface area contributed by atoms with Crippen LogP contribution in [0.3, 0.4) is 0 Å². The van der Waals surface area contributed by atoms with E-state index in [0.717, 1.165) is 0 Å². The Morgan fingerprint density at radius 2 is 2.00 bits per heavy atom. The first kappa shape index (κ1) is 14.7. The van der Waals surface area contributed by atoms with Gasteiger partial charge >= 0.3 is 5.69 Å². The topological polar surface area (TPSA) is 78.7 Å². The molecule has 0 spiro atoms. The Morgan fingerprint density at radius 3 is 2.47 bits per heavy atom. The first-order chi connectivity index (χ1) is 8.88. The zero-order valence-corrected chi connectivity index (χ0v) is 11.5. The Labute approximate surface area is 112 Å². The standard InChI is InChI=1S/C12H18N4O3/c1-13-9-6-5-7-10(12(9)16(18)19)15(4)8-11(17)14(2)3/h5-7,13H,8H2,1-4H3. The lowest BCUT2D eigenvalue weighted by Crippen LogP contribution is -2.34. The van der Waals surface area contributed by atoms with Gasteiger partial charge in [-0.15, -0.1) is 0 Å². The quantitative estimate of drug-likeness (QED) is 0.639. The number of nitro benzene ring substituents is 1. The number of hydrogen-bond donors (Lipinski definition) is 1. The molecular formula is C12H18N4O3. The number of anilines is 2. The molecule has 104 valence electrons. The smallest absolute Gasteiger partial charge is 0.315 e. The van der Waals surface area contributed by atoms with Crippen molar-refractivity contribution in [1.29, 1.82) is 0 Å². The van der Waals surface area contributed by atoms with Crippen LogP contribution in [0.25, 0.3) is 0 Å². The largest absolute Gasteiger partial charge is 0.382 e. The van der Waals surface area contributed by atoms with E-state index in [1.807, 2.05) is 0 Å². The van der Waals surface area contributed by atoms with Crippen LogP contribution in [-0.2, 0) is 4.79 Å². The number of para-hydroxylation sites is 1. The van der Waals surface area contributed by atoms with Crippen LogP contribution in [0.15, 0.2) is 18.2 Å². The van der Waals surface area contributed by atoms with Crippen LogP contribution >= 0.6 is 0 Å². The summed E-state index contributed by atoms with van der Waals surface area (Å²) >= 11 is 0. The highest BCUT2D eigenvalue weighted by molar-refractivity contribution is 5.84. The van der Waals surface area contributed by atoms with Gasteiger partial charge in [0, 0.05) is 28.2 Å². The van der Waals surface area contributed by atoms with E-state index in [-0.39, 0.29) is 18.1 Å². The first-order valence-corrected chi connectivity index (χ1v) is 5.75. The second kappa shape index (κ2) is 6.03. The maximum Gasteiger partial charge on any atom is 0.315 e. The van der Waals surface area contributed by atoms with Crippen LogP contribution in [0.1, 0.15) is 0 Å². The summed E-state index contributed by atoms with van der Waals surface area (Å²) in [5.41, 5.74) is 0.803. The van der Waals surface area contributed by atoms with E-state index in [1.54, 1.807) is 51.3 Å². The minimum absolute atomic E-state index is 0.0287. The van der Waals surface area contributed by atoms with Crippen molar-refractivity contribution >= 4 is 23.0 Å². The fourth-order valence-corrected chi connectivity index (χ4v) is 1.66. The molecule has 7 nitrogen and oxygen atoms in total. The molecule has 1 N–H and O–H groups in total. The zero-order valence-electron chi connectivity index (χ0n) is 11.5. The summed E-state index contributed by atoms with van der Waals surface area (Å²) in [6.45, 7) is 0.0843. The summed E-state index contributed by atoms with van der Waals surface area (Å²) in [4.78, 5) is 25.4. The Morgan fingerprint density at radius 1 is 1.37 bits per heavy atom. The molecule has 7 heteroatoms. The van der Waals surface area contributed by atoms with Crippen LogP contribution in [-0.4, -0.2) is 50.5 Å². The lowest BCUT2D eigenvalue weighted by Gasteiger charge is -2.21. The van der Waals surface area contributed by atoms with Crippen molar-refractivity contribution in [2.75, 3.05) is 45.0 Å². The molecule has 0 aliphatic carbocycles. The van der Waals surface area contributed by atoms with Crippen LogP contribution in [0.5, 0.6) is 0 Å². The van der Waals surface area contributed by atoms with E-state index >= 15 is 0 Å². The molecule has 19 heavy (non-hydrogen) atoms. The van der Waals surface area contributed by atoms with Crippen molar-refractivity contribution in [2.45, 2.75) is 0 Å². The summed E-state index contributed by atoms with van der Waals surface area (Å²) in [5.74, 6) is -0.119. The average molecular weight is 266 g/mol. The van der Waals surface area contributed by atoms with E-state index in [2.05, 4.69) is 5.32 Å². The molecule has 0 unspecified atom stereocenters. The second-order valence-corrected chi connectivity index (χ2v) is 4.32. The molecule has 0 saturated carbocycles. The number of carbonyl (C=O) groups is 1. The fraction of sp³-hybridized carbons (Fsp3) is 0.417. The normalized spacial score (nSPS) is 9.89. The summed E-state index contributed by atoms with van der Waals surface area (Å²) in [6.07, 6.45) is 0. The van der Waals surface area contributed by atoms with Crippen molar-refractivity contribution in [3.8, 4) is 0 Å². The molecule has 0 radical (unpaired) electrons. The average Bonchev–Trinajstić information content (AvgIpc) is 2.37. The number of rotatable bonds is 5. The third-order valence-corrected chi connectivity index (χ3v) is 2.75. The van der Waals surface area contributed by atoms with Crippen molar-refractivity contribution in [3.05, 3.63) is 28.3 Å². The molecule has 0 saturated heterocycles. The molecule has 1 aromatic carbocycles. The number of likely N-dealkylation sites (N-methyl/N-ethyl adjacent to an activating group) is 2. The Bertz CT molecular complexity index is 488. The van der Waals surface area contributed by atoms with Crippen LogP contribution in [0.4, 0.5) is 17.1 Å². The van der Waals surface area contributed by atoms with Gasteiger partial charge in [-0.1, -0.05) is 6.07 Å². The summed E-state index contributed by atoms with van der Waals surface area (Å²) < 4.78 is 0. The van der Waals surface area contributed by atoms with Gasteiger partial charge < -0.3 is 15.1 Å². The fourth-order valence-electron chi connectivity index (χ4n) is 1.66. The number of amides is 1. The van der Waals surface area contributed by atoms with Crippen LogP contribution < -0.4 is 10.2 Å². The Kier molecular flexibility index (Phi) is 4.68. The molecule has 1 rings (SSSR count). The number of carbonyl (C=O) groups excluding carboxylic acids is 1. The monoisotopic (exact) mass is 266 g/mol. The lowest BCUT2D eigenvalue weighted by atomic mass is 10.2. The van der Waals surface area contributed by atoms with Gasteiger partial charge in [0.1, 0.15) is 11.4 Å². The molecule has 0 aromatic heterocycles. The SMILES string of the molecule is CNc1cccc(N(C)CC(=O)N(C)C)c1[N+](=O)[O-]. The van der Waals surface area contributed by atoms with Gasteiger partial charge in [0.15, 0.2) is 0 Å². The molecule has 0 aliphatic rings. The number of nitrogens with one attached hydrogen (secondary N) is 1. The van der Waals surface area contributed by atoms with Gasteiger partial charge in [0.2, 0.25) is 5.91 Å². The van der Waals surface area contributed by atoms with E-state index in [9.17, 15) is 14.9 Å². The number of hydrogen-bond acceptors (Lipinski definition) is 5. The van der Waals surface area contributed by atoms with Crippen molar-refractivity contribution in [2.24, 2.45) is 0 Å². The zero-order chi connectivity index (χ0) is 14.6. The summed E-state index contributed by atoms with van der Waals surface area (Å²) in [6, 6.07) is 4.97. The Balaban J connectivity index is 3.12. The Hall–Kier alpha value is -2.31. The molecule has 1 amide bonds. The van der Waals surface area contributed by atoms with Crippen LogP contribution in [0, 0.1) is 10.1 Å². The van der Waals surface area contributed by atoms with Gasteiger partial charge in [-0.2, -0.15) is 0 Å². The predicted molar refractivity (Wildman–Crippen MR) is 74.6 cm³/mol. The number of benzene rings is 1. The van der Waals surface area contributed by atoms with Crippen LogP contribution in [0.2, 0.25) is 0 Å². The van der Waals surface area contributed by atoms with Gasteiger partial charge in [0.05, 0.1) is 11.5 Å². The third-order valence-electron chi connectivity index (χ3n) is 2.75. The van der Waals surface area contributed by atoms with Crippen molar-refractivity contribution in [3.63, 3.8) is 0 Å². The minimum atomic E-state index is -0.447. The van der Waals surface area contributed by atoms with E-state index < -0.39 is 4.92 Å². The molecule has 0 fully saturated rings. The van der Waals surface area contributed by atoms with Gasteiger partial charge in [0.25, 0.3) is 0 Å². The molecule has 0 bridgehead atoms. The maximum atomic E-state index is 11.7. The molecule has 1 aromatic rings. The second-order valence-electron chi connectivity index (χ2n) is 4.32. The maximum absolute atomic E-state index is 11.7. The van der Waals surface area contributed by atoms with E-state index in [1.165, 1.54) is 4.90 Å². The van der Waals surface area contributed by atoms with E-state index in [0.29, 0.717) is 11.4 Å². The lowest BCUT2D eigenvalue weighted by molar-refractivity contribution is -0.383.